The van der Waals surface area contributed by atoms with E-state index in [1.54, 1.807) is 12.1 Å². The van der Waals surface area contributed by atoms with Gasteiger partial charge in [-0.25, -0.2) is 4.98 Å². The van der Waals surface area contributed by atoms with E-state index in [2.05, 4.69) is 28.5 Å². The zero-order valence-corrected chi connectivity index (χ0v) is 17.4. The van der Waals surface area contributed by atoms with Gasteiger partial charge >= 0.3 is 0 Å². The van der Waals surface area contributed by atoms with Crippen LogP contribution in [0.3, 0.4) is 0 Å². The molecule has 0 aliphatic heterocycles. The SMILES string of the molecule is NC(=O)c1ccc(Oc2ccc3c(c2)CCCC3NCCc2cccc(Cl)c2)nc1. The molecule has 1 aromatic heterocycles. The summed E-state index contributed by atoms with van der Waals surface area (Å²) in [5.41, 5.74) is 9.48. The minimum Gasteiger partial charge on any atom is -0.439 e. The number of nitrogens with two attached hydrogens (primary N) is 1. The third-order valence-electron chi connectivity index (χ3n) is 5.37. The molecule has 0 radical (unpaired) electrons. The standard InChI is InChI=1S/C24H24ClN3O2/c25-19-5-1-3-16(13-19)11-12-27-22-6-2-4-17-14-20(8-9-21(17)22)30-23-10-7-18(15-28-23)24(26)29/h1,3,5,7-10,13-15,22,27H,2,4,6,11-12H2,(H2,26,29). The van der Waals surface area contributed by atoms with Crippen molar-refractivity contribution in [1.82, 2.24) is 10.3 Å². The van der Waals surface area contributed by atoms with Gasteiger partial charge in [-0.05, 0) is 79.3 Å². The predicted octanol–water partition coefficient (Wildman–Crippen LogP) is 4.84. The van der Waals surface area contributed by atoms with Crippen molar-refractivity contribution in [3.8, 4) is 11.6 Å². The number of nitrogens with one attached hydrogen (secondary N) is 1. The normalized spacial score (nSPS) is 15.4. The highest BCUT2D eigenvalue weighted by Gasteiger charge is 2.20. The fraction of sp³-hybridized carbons (Fsp3) is 0.250. The van der Waals surface area contributed by atoms with E-state index in [-0.39, 0.29) is 0 Å². The lowest BCUT2D eigenvalue weighted by Crippen LogP contribution is -2.27. The van der Waals surface area contributed by atoms with Gasteiger partial charge in [-0.3, -0.25) is 4.79 Å². The van der Waals surface area contributed by atoms with Crippen molar-refractivity contribution < 1.29 is 9.53 Å². The molecule has 1 unspecified atom stereocenters. The number of aromatic nitrogens is 1. The average Bonchev–Trinajstić information content (AvgIpc) is 2.74. The minimum absolute atomic E-state index is 0.343. The average molecular weight is 422 g/mol. The molecule has 2 aromatic carbocycles. The Morgan fingerprint density at radius 1 is 1.20 bits per heavy atom. The summed E-state index contributed by atoms with van der Waals surface area (Å²) >= 11 is 6.08. The first-order valence-corrected chi connectivity index (χ1v) is 10.5. The van der Waals surface area contributed by atoms with Crippen LogP contribution in [0, 0.1) is 0 Å². The number of rotatable bonds is 7. The molecule has 3 N–H and O–H groups in total. The molecular formula is C24H24ClN3O2. The molecule has 0 bridgehead atoms. The van der Waals surface area contributed by atoms with E-state index < -0.39 is 5.91 Å². The number of aryl methyl sites for hydroxylation is 1. The summed E-state index contributed by atoms with van der Waals surface area (Å²) in [6, 6.07) is 17.8. The van der Waals surface area contributed by atoms with Crippen LogP contribution in [0.15, 0.2) is 60.8 Å². The number of carbonyl (C=O) groups excluding carboxylic acids is 1. The lowest BCUT2D eigenvalue weighted by molar-refractivity contribution is 0.1000. The number of fused-ring (bicyclic) bond motifs is 1. The van der Waals surface area contributed by atoms with Gasteiger partial charge < -0.3 is 15.8 Å². The lowest BCUT2D eigenvalue weighted by atomic mass is 9.87. The zero-order chi connectivity index (χ0) is 20.9. The predicted molar refractivity (Wildman–Crippen MR) is 118 cm³/mol. The van der Waals surface area contributed by atoms with E-state index in [0.29, 0.717) is 17.5 Å². The number of hydrogen-bond donors (Lipinski definition) is 2. The zero-order valence-electron chi connectivity index (χ0n) is 16.6. The van der Waals surface area contributed by atoms with E-state index >= 15 is 0 Å². The number of primary amides is 1. The van der Waals surface area contributed by atoms with Crippen molar-refractivity contribution in [3.63, 3.8) is 0 Å². The first-order chi connectivity index (χ1) is 14.6. The topological polar surface area (TPSA) is 77.2 Å². The van der Waals surface area contributed by atoms with Gasteiger partial charge in [0.25, 0.3) is 0 Å². The molecule has 154 valence electrons. The quantitative estimate of drug-likeness (QED) is 0.572. The molecule has 6 heteroatoms. The molecule has 4 rings (SSSR count). The van der Waals surface area contributed by atoms with Gasteiger partial charge in [0.15, 0.2) is 0 Å². The van der Waals surface area contributed by atoms with Crippen LogP contribution in [-0.2, 0) is 12.8 Å². The maximum absolute atomic E-state index is 11.2. The summed E-state index contributed by atoms with van der Waals surface area (Å²) < 4.78 is 5.87. The molecule has 0 spiro atoms. The second-order valence-electron chi connectivity index (χ2n) is 7.49. The van der Waals surface area contributed by atoms with Crippen molar-refractivity contribution in [3.05, 3.63) is 88.1 Å². The van der Waals surface area contributed by atoms with Crippen molar-refractivity contribution in [2.24, 2.45) is 5.73 Å². The Kier molecular flexibility index (Phi) is 6.31. The van der Waals surface area contributed by atoms with Crippen LogP contribution in [0.5, 0.6) is 11.6 Å². The number of carbonyl (C=O) groups is 1. The Labute approximate surface area is 181 Å². The molecule has 1 atom stereocenters. The first-order valence-electron chi connectivity index (χ1n) is 10.1. The summed E-state index contributed by atoms with van der Waals surface area (Å²) in [6.07, 6.45) is 5.67. The lowest BCUT2D eigenvalue weighted by Gasteiger charge is -2.27. The van der Waals surface area contributed by atoms with Crippen molar-refractivity contribution >= 4 is 17.5 Å². The van der Waals surface area contributed by atoms with Gasteiger partial charge in [0.1, 0.15) is 5.75 Å². The molecular weight excluding hydrogens is 398 g/mol. The first kappa shape index (κ1) is 20.4. The smallest absolute Gasteiger partial charge is 0.250 e. The van der Waals surface area contributed by atoms with E-state index in [0.717, 1.165) is 43.0 Å². The van der Waals surface area contributed by atoms with E-state index in [1.165, 1.54) is 22.9 Å². The fourth-order valence-corrected chi connectivity index (χ4v) is 4.07. The molecule has 0 saturated heterocycles. The molecule has 5 nitrogen and oxygen atoms in total. The van der Waals surface area contributed by atoms with E-state index in [9.17, 15) is 4.79 Å². The molecule has 0 saturated carbocycles. The highest BCUT2D eigenvalue weighted by Crippen LogP contribution is 2.33. The van der Waals surface area contributed by atoms with Crippen LogP contribution in [-0.4, -0.2) is 17.4 Å². The molecule has 30 heavy (non-hydrogen) atoms. The second kappa shape index (κ2) is 9.28. The third-order valence-corrected chi connectivity index (χ3v) is 5.60. The van der Waals surface area contributed by atoms with Crippen LogP contribution in [0.2, 0.25) is 5.02 Å². The Hall–Kier alpha value is -2.89. The highest BCUT2D eigenvalue weighted by atomic mass is 35.5. The van der Waals surface area contributed by atoms with Crippen LogP contribution < -0.4 is 15.8 Å². The van der Waals surface area contributed by atoms with Crippen LogP contribution >= 0.6 is 11.6 Å². The Balaban J connectivity index is 1.40. The number of halogens is 1. The third kappa shape index (κ3) is 4.99. The van der Waals surface area contributed by atoms with Gasteiger partial charge in [0.05, 0.1) is 5.56 Å². The van der Waals surface area contributed by atoms with Crippen LogP contribution in [0.25, 0.3) is 0 Å². The number of ether oxygens (including phenoxy) is 1. The molecule has 0 fully saturated rings. The Morgan fingerprint density at radius 3 is 2.87 bits per heavy atom. The van der Waals surface area contributed by atoms with Crippen molar-refractivity contribution in [1.29, 1.82) is 0 Å². The number of amides is 1. The maximum Gasteiger partial charge on any atom is 0.250 e. The number of hydrogen-bond acceptors (Lipinski definition) is 4. The van der Waals surface area contributed by atoms with Gasteiger partial charge in [-0.2, -0.15) is 0 Å². The fourth-order valence-electron chi connectivity index (χ4n) is 3.86. The summed E-state index contributed by atoms with van der Waals surface area (Å²) in [5.74, 6) is 0.677. The number of nitrogens with zero attached hydrogens (tertiary/aromatic N) is 1. The molecule has 3 aromatic rings. The molecule has 1 aliphatic rings. The van der Waals surface area contributed by atoms with Crippen molar-refractivity contribution in [2.45, 2.75) is 31.7 Å². The van der Waals surface area contributed by atoms with Gasteiger partial charge in [-0.1, -0.05) is 29.8 Å². The summed E-state index contributed by atoms with van der Waals surface area (Å²) in [7, 11) is 0. The Bertz CT molecular complexity index is 1040. The van der Waals surface area contributed by atoms with Crippen molar-refractivity contribution in [2.75, 3.05) is 6.54 Å². The summed E-state index contributed by atoms with van der Waals surface area (Å²) in [4.78, 5) is 15.3. The van der Waals surface area contributed by atoms with E-state index in [1.807, 2.05) is 24.3 Å². The van der Waals surface area contributed by atoms with Crippen LogP contribution in [0.1, 0.15) is 45.9 Å². The number of benzene rings is 2. The number of pyridine rings is 1. The minimum atomic E-state index is -0.503. The summed E-state index contributed by atoms with van der Waals surface area (Å²) in [6.45, 7) is 0.902. The van der Waals surface area contributed by atoms with E-state index in [4.69, 9.17) is 22.1 Å². The molecule has 1 aliphatic carbocycles. The van der Waals surface area contributed by atoms with Crippen LogP contribution in [0.4, 0.5) is 0 Å². The summed E-state index contributed by atoms with van der Waals surface area (Å²) in [5, 5.41) is 4.47. The molecule has 1 heterocycles. The largest absolute Gasteiger partial charge is 0.439 e. The highest BCUT2D eigenvalue weighted by molar-refractivity contribution is 6.30. The molecule has 1 amide bonds. The Morgan fingerprint density at radius 2 is 2.10 bits per heavy atom. The monoisotopic (exact) mass is 421 g/mol. The van der Waals surface area contributed by atoms with Gasteiger partial charge in [0, 0.05) is 23.3 Å². The van der Waals surface area contributed by atoms with Gasteiger partial charge in [-0.15, -0.1) is 0 Å². The second-order valence-corrected chi connectivity index (χ2v) is 7.93. The van der Waals surface area contributed by atoms with Gasteiger partial charge in [0.2, 0.25) is 11.8 Å². The maximum atomic E-state index is 11.2.